The molecular formula is C22H22N2O4S. The zero-order valence-corrected chi connectivity index (χ0v) is 17.0. The van der Waals surface area contributed by atoms with Gasteiger partial charge in [0.05, 0.1) is 11.9 Å². The molecule has 0 spiro atoms. The van der Waals surface area contributed by atoms with Crippen molar-refractivity contribution in [3.8, 4) is 11.5 Å². The summed E-state index contributed by atoms with van der Waals surface area (Å²) >= 11 is 0. The second-order valence-corrected chi connectivity index (χ2v) is 8.45. The van der Waals surface area contributed by atoms with Crippen LogP contribution < -0.4 is 14.4 Å². The number of rotatable bonds is 7. The fourth-order valence-corrected chi connectivity index (χ4v) is 3.70. The van der Waals surface area contributed by atoms with Crippen LogP contribution in [-0.4, -0.2) is 27.1 Å². The minimum absolute atomic E-state index is 0.314. The highest BCUT2D eigenvalue weighted by Gasteiger charge is 2.22. The van der Waals surface area contributed by atoms with Gasteiger partial charge in [-0.25, -0.2) is 8.42 Å². The van der Waals surface area contributed by atoms with Gasteiger partial charge in [-0.2, -0.15) is 0 Å². The molecule has 1 N–H and O–H groups in total. The van der Waals surface area contributed by atoms with Gasteiger partial charge in [0.15, 0.2) is 0 Å². The van der Waals surface area contributed by atoms with Crippen LogP contribution in [0.5, 0.6) is 11.5 Å². The highest BCUT2D eigenvalue weighted by molar-refractivity contribution is 7.92. The first-order chi connectivity index (χ1) is 13.8. The molecule has 7 heteroatoms. The lowest BCUT2D eigenvalue weighted by atomic mass is 10.2. The Balaban J connectivity index is 1.68. The van der Waals surface area contributed by atoms with Crippen LogP contribution in [0, 0.1) is 6.92 Å². The van der Waals surface area contributed by atoms with Crippen molar-refractivity contribution in [1.29, 1.82) is 0 Å². The van der Waals surface area contributed by atoms with Gasteiger partial charge in [-0.3, -0.25) is 9.10 Å². The number of carbonyl (C=O) groups is 1. The average Bonchev–Trinajstić information content (AvgIpc) is 2.68. The number of ether oxygens (including phenoxy) is 1. The molecule has 0 heterocycles. The maximum absolute atomic E-state index is 12.5. The van der Waals surface area contributed by atoms with Crippen LogP contribution in [0.3, 0.4) is 0 Å². The first kappa shape index (κ1) is 20.4. The minimum atomic E-state index is -3.62. The van der Waals surface area contributed by atoms with Gasteiger partial charge >= 0.3 is 0 Å². The van der Waals surface area contributed by atoms with Crippen LogP contribution >= 0.6 is 0 Å². The molecule has 0 aliphatic carbocycles. The SMILES string of the molecule is Cc1ccccc1N(CC(=O)Nc1ccc(Oc2ccccc2)cc1)S(C)(=O)=O. The molecular weight excluding hydrogens is 388 g/mol. The Kier molecular flexibility index (Phi) is 6.19. The predicted octanol–water partition coefficient (Wildman–Crippen LogP) is 4.19. The highest BCUT2D eigenvalue weighted by Crippen LogP contribution is 2.24. The van der Waals surface area contributed by atoms with Crippen molar-refractivity contribution < 1.29 is 17.9 Å². The first-order valence-corrected chi connectivity index (χ1v) is 10.8. The Morgan fingerprint density at radius 2 is 1.48 bits per heavy atom. The summed E-state index contributed by atoms with van der Waals surface area (Å²) in [6, 6.07) is 23.3. The van der Waals surface area contributed by atoms with Crippen molar-refractivity contribution in [2.45, 2.75) is 6.92 Å². The van der Waals surface area contributed by atoms with Crippen molar-refractivity contribution in [2.24, 2.45) is 0 Å². The number of nitrogens with one attached hydrogen (secondary N) is 1. The van der Waals surface area contributed by atoms with E-state index in [1.165, 1.54) is 0 Å². The summed E-state index contributed by atoms with van der Waals surface area (Å²) in [5, 5.41) is 2.72. The summed E-state index contributed by atoms with van der Waals surface area (Å²) in [5.41, 5.74) is 1.80. The molecule has 0 saturated carbocycles. The molecule has 150 valence electrons. The number of aryl methyl sites for hydroxylation is 1. The number of carbonyl (C=O) groups excluding carboxylic acids is 1. The van der Waals surface area contributed by atoms with Gasteiger partial charge in [-0.1, -0.05) is 36.4 Å². The number of sulfonamides is 1. The molecule has 3 rings (SSSR count). The van der Waals surface area contributed by atoms with Gasteiger partial charge in [0.2, 0.25) is 15.9 Å². The Bertz CT molecular complexity index is 1080. The van der Waals surface area contributed by atoms with E-state index >= 15 is 0 Å². The van der Waals surface area contributed by atoms with Gasteiger partial charge in [-0.05, 0) is 55.0 Å². The summed E-state index contributed by atoms with van der Waals surface area (Å²) in [7, 11) is -3.62. The van der Waals surface area contributed by atoms with Crippen molar-refractivity contribution in [2.75, 3.05) is 22.4 Å². The van der Waals surface area contributed by atoms with Crippen molar-refractivity contribution >= 4 is 27.3 Å². The monoisotopic (exact) mass is 410 g/mol. The summed E-state index contributed by atoms with van der Waals surface area (Å²) in [4.78, 5) is 12.5. The van der Waals surface area contributed by atoms with E-state index in [9.17, 15) is 13.2 Å². The molecule has 0 radical (unpaired) electrons. The summed E-state index contributed by atoms with van der Waals surface area (Å²) < 4.78 is 31.3. The van der Waals surface area contributed by atoms with E-state index in [2.05, 4.69) is 5.32 Å². The summed E-state index contributed by atoms with van der Waals surface area (Å²) in [6.45, 7) is 1.49. The van der Waals surface area contributed by atoms with E-state index in [0.29, 0.717) is 22.9 Å². The molecule has 0 bridgehead atoms. The number of para-hydroxylation sites is 2. The van der Waals surface area contributed by atoms with Crippen LogP contribution in [0.15, 0.2) is 78.9 Å². The molecule has 0 aromatic heterocycles. The van der Waals surface area contributed by atoms with E-state index in [1.54, 1.807) is 49.4 Å². The van der Waals surface area contributed by atoms with Crippen LogP contribution in [0.1, 0.15) is 5.56 Å². The lowest BCUT2D eigenvalue weighted by molar-refractivity contribution is -0.114. The molecule has 29 heavy (non-hydrogen) atoms. The number of hydrogen-bond acceptors (Lipinski definition) is 4. The molecule has 0 aliphatic rings. The van der Waals surface area contributed by atoms with Gasteiger partial charge in [0.25, 0.3) is 0 Å². The quantitative estimate of drug-likeness (QED) is 0.634. The molecule has 6 nitrogen and oxygen atoms in total. The zero-order chi connectivity index (χ0) is 20.9. The maximum Gasteiger partial charge on any atom is 0.245 e. The van der Waals surface area contributed by atoms with Crippen molar-refractivity contribution in [1.82, 2.24) is 0 Å². The number of hydrogen-bond donors (Lipinski definition) is 1. The van der Waals surface area contributed by atoms with Crippen molar-refractivity contribution in [3.05, 3.63) is 84.4 Å². The van der Waals surface area contributed by atoms with Gasteiger partial charge in [0, 0.05) is 5.69 Å². The lowest BCUT2D eigenvalue weighted by Crippen LogP contribution is -2.37. The van der Waals surface area contributed by atoms with E-state index in [4.69, 9.17) is 4.74 Å². The molecule has 0 aliphatic heterocycles. The molecule has 3 aromatic carbocycles. The van der Waals surface area contributed by atoms with Gasteiger partial charge in [0.1, 0.15) is 18.0 Å². The third-order valence-electron chi connectivity index (χ3n) is 4.19. The fraction of sp³-hybridized carbons (Fsp3) is 0.136. The van der Waals surface area contributed by atoms with Gasteiger partial charge in [-0.15, -0.1) is 0 Å². The number of nitrogens with zero attached hydrogens (tertiary/aromatic N) is 1. The molecule has 3 aromatic rings. The molecule has 1 amide bonds. The van der Waals surface area contributed by atoms with Crippen LogP contribution in [0.4, 0.5) is 11.4 Å². The lowest BCUT2D eigenvalue weighted by Gasteiger charge is -2.23. The predicted molar refractivity (Wildman–Crippen MR) is 115 cm³/mol. The van der Waals surface area contributed by atoms with Gasteiger partial charge < -0.3 is 10.1 Å². The van der Waals surface area contributed by atoms with Crippen LogP contribution in [0.2, 0.25) is 0 Å². The average molecular weight is 410 g/mol. The standard InChI is InChI=1S/C22H22N2O4S/c1-17-8-6-7-11-21(17)24(29(2,26)27)16-22(25)23-18-12-14-20(15-13-18)28-19-9-4-3-5-10-19/h3-15H,16H2,1-2H3,(H,23,25). The normalized spacial score (nSPS) is 11.0. The second-order valence-electron chi connectivity index (χ2n) is 6.54. The molecule has 0 atom stereocenters. The maximum atomic E-state index is 12.5. The number of benzene rings is 3. The Morgan fingerprint density at radius 1 is 0.897 bits per heavy atom. The van der Waals surface area contributed by atoms with E-state index < -0.39 is 15.9 Å². The molecule has 0 unspecified atom stereocenters. The largest absolute Gasteiger partial charge is 0.457 e. The van der Waals surface area contributed by atoms with Crippen LogP contribution in [0.25, 0.3) is 0 Å². The Morgan fingerprint density at radius 3 is 2.10 bits per heavy atom. The van der Waals surface area contributed by atoms with Crippen LogP contribution in [-0.2, 0) is 14.8 Å². The fourth-order valence-electron chi connectivity index (χ4n) is 2.79. The molecule has 0 fully saturated rings. The Labute approximate surface area is 170 Å². The summed E-state index contributed by atoms with van der Waals surface area (Å²) in [6.07, 6.45) is 1.09. The first-order valence-electron chi connectivity index (χ1n) is 8.99. The number of amides is 1. The smallest absolute Gasteiger partial charge is 0.245 e. The summed E-state index contributed by atoms with van der Waals surface area (Å²) in [5.74, 6) is 0.911. The number of anilines is 2. The third-order valence-corrected chi connectivity index (χ3v) is 5.32. The second kappa shape index (κ2) is 8.79. The van der Waals surface area contributed by atoms with Crippen molar-refractivity contribution in [3.63, 3.8) is 0 Å². The molecule has 0 saturated heterocycles. The zero-order valence-electron chi connectivity index (χ0n) is 16.2. The minimum Gasteiger partial charge on any atom is -0.457 e. The third kappa shape index (κ3) is 5.58. The highest BCUT2D eigenvalue weighted by atomic mass is 32.2. The van der Waals surface area contributed by atoms with E-state index in [-0.39, 0.29) is 6.54 Å². The topological polar surface area (TPSA) is 75.7 Å². The van der Waals surface area contributed by atoms with E-state index in [1.807, 2.05) is 36.4 Å². The Hall–Kier alpha value is -3.32. The van der Waals surface area contributed by atoms with E-state index in [0.717, 1.165) is 16.1 Å².